The Labute approximate surface area is 277 Å². The molecule has 0 saturated carbocycles. The number of carbonyl (C=O) groups is 1. The van der Waals surface area contributed by atoms with Crippen LogP contribution in [-0.2, 0) is 10.0 Å². The van der Waals surface area contributed by atoms with Gasteiger partial charge in [0.05, 0.1) is 17.5 Å². The number of amides is 1. The molecule has 1 aliphatic heterocycles. The van der Waals surface area contributed by atoms with Crippen LogP contribution in [0.4, 0.5) is 5.69 Å². The van der Waals surface area contributed by atoms with Crippen molar-refractivity contribution in [1.82, 2.24) is 14.5 Å². The minimum atomic E-state index is -3.69. The number of anilines is 1. The zero-order valence-electron chi connectivity index (χ0n) is 26.0. The summed E-state index contributed by atoms with van der Waals surface area (Å²) >= 11 is 5.33. The van der Waals surface area contributed by atoms with E-state index in [1.54, 1.807) is 52.8 Å². The second kappa shape index (κ2) is 16.0. The predicted molar refractivity (Wildman–Crippen MR) is 187 cm³/mol. The number of nitrogens with one attached hydrogen (secondary N) is 2. The summed E-state index contributed by atoms with van der Waals surface area (Å²) in [5.74, 6) is 0.365. The number of rotatable bonds is 12. The lowest BCUT2D eigenvalue weighted by Crippen LogP contribution is -2.49. The van der Waals surface area contributed by atoms with Crippen LogP contribution in [0, 0.1) is 0 Å². The first-order valence-corrected chi connectivity index (χ1v) is 17.5. The first-order valence-electron chi connectivity index (χ1n) is 15.6. The normalized spacial score (nSPS) is 14.1. The van der Waals surface area contributed by atoms with E-state index in [0.717, 1.165) is 19.3 Å². The summed E-state index contributed by atoms with van der Waals surface area (Å²) in [6, 6.07) is 34.0. The zero-order valence-corrected chi connectivity index (χ0v) is 27.6. The summed E-state index contributed by atoms with van der Waals surface area (Å²) in [5, 5.41) is 5.74. The number of carbonyl (C=O) groups excluding carboxylic acids is 1. The molecule has 1 heterocycles. The fraction of sp³-hybridized carbons (Fsp3) is 0.278. The zero-order chi connectivity index (χ0) is 32.4. The van der Waals surface area contributed by atoms with Crippen LogP contribution >= 0.6 is 12.2 Å². The topological polar surface area (TPSA) is 91.0 Å². The minimum Gasteiger partial charge on any atom is -0.494 e. The van der Waals surface area contributed by atoms with Gasteiger partial charge in [0.1, 0.15) is 5.75 Å². The van der Waals surface area contributed by atoms with E-state index in [9.17, 15) is 13.2 Å². The van der Waals surface area contributed by atoms with Gasteiger partial charge in [0.15, 0.2) is 5.11 Å². The highest BCUT2D eigenvalue weighted by atomic mass is 32.2. The van der Waals surface area contributed by atoms with E-state index in [1.165, 1.54) is 11.1 Å². The van der Waals surface area contributed by atoms with Gasteiger partial charge in [-0.1, -0.05) is 80.4 Å². The van der Waals surface area contributed by atoms with E-state index < -0.39 is 10.0 Å². The van der Waals surface area contributed by atoms with Crippen LogP contribution in [0.3, 0.4) is 0 Å². The predicted octanol–water partition coefficient (Wildman–Crippen LogP) is 6.48. The van der Waals surface area contributed by atoms with Crippen molar-refractivity contribution < 1.29 is 17.9 Å². The summed E-state index contributed by atoms with van der Waals surface area (Å²) in [5.41, 5.74) is 3.38. The van der Waals surface area contributed by atoms with Crippen molar-refractivity contribution in [3.8, 4) is 5.75 Å². The maximum Gasteiger partial charge on any atom is 0.257 e. The van der Waals surface area contributed by atoms with Crippen LogP contribution in [0.1, 0.15) is 53.7 Å². The second-order valence-corrected chi connectivity index (χ2v) is 13.5. The van der Waals surface area contributed by atoms with Crippen molar-refractivity contribution >= 4 is 38.9 Å². The van der Waals surface area contributed by atoms with Crippen LogP contribution in [0.15, 0.2) is 114 Å². The Morgan fingerprint density at radius 2 is 1.39 bits per heavy atom. The Bertz CT molecular complexity index is 1640. The van der Waals surface area contributed by atoms with Crippen molar-refractivity contribution in [3.63, 3.8) is 0 Å². The molecular weight excluding hydrogens is 617 g/mol. The number of ether oxygens (including phenoxy) is 1. The third kappa shape index (κ3) is 8.58. The van der Waals surface area contributed by atoms with Gasteiger partial charge in [0, 0.05) is 37.4 Å². The summed E-state index contributed by atoms with van der Waals surface area (Å²) in [4.78, 5) is 15.2. The van der Waals surface area contributed by atoms with Crippen molar-refractivity contribution in [3.05, 3.63) is 126 Å². The SMILES string of the molecule is CCCCCOc1ccc(C(=O)NC(=S)Nc2ccc(S(=O)(=O)N3CCN(C(c4ccccc4)c4ccccc4)CC3)cc2)cc1. The molecule has 0 aliphatic carbocycles. The van der Waals surface area contributed by atoms with Gasteiger partial charge in [-0.05, 0) is 78.3 Å². The summed E-state index contributed by atoms with van der Waals surface area (Å²) in [6.45, 7) is 4.78. The number of piperazine rings is 1. The standard InChI is InChI=1S/C36H40N4O4S2/c1-2-3-10-27-44-32-19-15-30(16-20-32)35(41)38-36(45)37-31-17-21-33(22-18-31)46(42,43)40-25-23-39(24-26-40)34(28-11-6-4-7-12-28)29-13-8-5-9-14-29/h4-9,11-22,34H,2-3,10,23-27H2,1H3,(H2,37,38,41,45). The van der Waals surface area contributed by atoms with Gasteiger partial charge in [-0.25, -0.2) is 8.42 Å². The lowest BCUT2D eigenvalue weighted by Gasteiger charge is -2.39. The number of benzene rings is 4. The number of thiocarbonyl (C=S) groups is 1. The molecule has 1 aliphatic rings. The number of unbranched alkanes of at least 4 members (excludes halogenated alkanes) is 2. The van der Waals surface area contributed by atoms with Gasteiger partial charge in [0.2, 0.25) is 10.0 Å². The maximum atomic E-state index is 13.5. The van der Waals surface area contributed by atoms with Gasteiger partial charge in [-0.15, -0.1) is 0 Å². The van der Waals surface area contributed by atoms with Crippen LogP contribution in [0.25, 0.3) is 0 Å². The highest BCUT2D eigenvalue weighted by Crippen LogP contribution is 2.30. The minimum absolute atomic E-state index is 0.0515. The van der Waals surface area contributed by atoms with E-state index in [2.05, 4.69) is 46.7 Å². The molecular formula is C36H40N4O4S2. The van der Waals surface area contributed by atoms with Crippen LogP contribution < -0.4 is 15.4 Å². The Hall–Kier alpha value is -4.09. The van der Waals surface area contributed by atoms with Crippen molar-refractivity contribution in [2.75, 3.05) is 38.1 Å². The van der Waals surface area contributed by atoms with Crippen LogP contribution in [-0.4, -0.2) is 61.4 Å². The average molecular weight is 657 g/mol. The van der Waals surface area contributed by atoms with E-state index >= 15 is 0 Å². The molecule has 5 rings (SSSR count). The first-order chi connectivity index (χ1) is 22.3. The number of sulfonamides is 1. The van der Waals surface area contributed by atoms with Gasteiger partial charge < -0.3 is 10.1 Å². The average Bonchev–Trinajstić information content (AvgIpc) is 3.08. The van der Waals surface area contributed by atoms with E-state index in [4.69, 9.17) is 17.0 Å². The molecule has 240 valence electrons. The fourth-order valence-electron chi connectivity index (χ4n) is 5.53. The number of nitrogens with zero attached hydrogens (tertiary/aromatic N) is 2. The largest absolute Gasteiger partial charge is 0.494 e. The third-order valence-corrected chi connectivity index (χ3v) is 10.1. The molecule has 0 unspecified atom stereocenters. The Kier molecular flexibility index (Phi) is 11.5. The van der Waals surface area contributed by atoms with Crippen molar-refractivity contribution in [1.29, 1.82) is 0 Å². The molecule has 0 radical (unpaired) electrons. The van der Waals surface area contributed by atoms with Crippen molar-refractivity contribution in [2.45, 2.75) is 37.1 Å². The van der Waals surface area contributed by atoms with E-state index in [-0.39, 0.29) is 22.0 Å². The molecule has 4 aromatic carbocycles. The number of hydrogen-bond donors (Lipinski definition) is 2. The highest BCUT2D eigenvalue weighted by Gasteiger charge is 2.32. The van der Waals surface area contributed by atoms with Crippen LogP contribution in [0.5, 0.6) is 5.75 Å². The molecule has 1 fully saturated rings. The van der Waals surface area contributed by atoms with Gasteiger partial charge >= 0.3 is 0 Å². The summed E-state index contributed by atoms with van der Waals surface area (Å²) in [6.07, 6.45) is 3.24. The summed E-state index contributed by atoms with van der Waals surface area (Å²) in [7, 11) is -3.69. The van der Waals surface area contributed by atoms with Gasteiger partial charge in [-0.2, -0.15) is 4.31 Å². The third-order valence-electron chi connectivity index (χ3n) is 7.98. The maximum absolute atomic E-state index is 13.5. The molecule has 4 aromatic rings. The Morgan fingerprint density at radius 1 is 0.804 bits per heavy atom. The Balaban J connectivity index is 1.14. The van der Waals surface area contributed by atoms with E-state index in [0.29, 0.717) is 49.8 Å². The number of hydrogen-bond acceptors (Lipinski definition) is 6. The molecule has 2 N–H and O–H groups in total. The lowest BCUT2D eigenvalue weighted by atomic mass is 9.96. The molecule has 10 heteroatoms. The molecule has 0 bridgehead atoms. The monoisotopic (exact) mass is 656 g/mol. The smallest absolute Gasteiger partial charge is 0.257 e. The first kappa shape index (κ1) is 33.3. The molecule has 8 nitrogen and oxygen atoms in total. The molecule has 0 atom stereocenters. The Morgan fingerprint density at radius 3 is 1.96 bits per heavy atom. The second-order valence-electron chi connectivity index (χ2n) is 11.2. The molecule has 0 aromatic heterocycles. The molecule has 0 spiro atoms. The quantitative estimate of drug-likeness (QED) is 0.133. The van der Waals surface area contributed by atoms with Crippen molar-refractivity contribution in [2.24, 2.45) is 0 Å². The summed E-state index contributed by atoms with van der Waals surface area (Å²) < 4.78 is 34.3. The van der Waals surface area contributed by atoms with E-state index in [1.807, 2.05) is 36.4 Å². The van der Waals surface area contributed by atoms with Gasteiger partial charge in [0.25, 0.3) is 5.91 Å². The van der Waals surface area contributed by atoms with Gasteiger partial charge in [-0.3, -0.25) is 15.0 Å². The highest BCUT2D eigenvalue weighted by molar-refractivity contribution is 7.89. The fourth-order valence-corrected chi connectivity index (χ4v) is 7.16. The molecule has 1 saturated heterocycles. The molecule has 1 amide bonds. The molecule has 46 heavy (non-hydrogen) atoms. The van der Waals surface area contributed by atoms with Crippen LogP contribution in [0.2, 0.25) is 0 Å². The lowest BCUT2D eigenvalue weighted by molar-refractivity contribution is 0.0977.